The van der Waals surface area contributed by atoms with Crippen molar-refractivity contribution >= 4 is 18.5 Å². The lowest BCUT2D eigenvalue weighted by Gasteiger charge is -0.945. The van der Waals surface area contributed by atoms with E-state index in [1.54, 1.807) is 0 Å². The van der Waals surface area contributed by atoms with Crippen molar-refractivity contribution in [2.24, 2.45) is 0 Å². The predicted molar refractivity (Wildman–Crippen MR) is 15.0 cm³/mol. The molecule has 9 heavy (non-hydrogen) atoms. The van der Waals surface area contributed by atoms with Crippen molar-refractivity contribution < 1.29 is 28.8 Å². The first-order valence-corrected chi connectivity index (χ1v) is 1.22. The third kappa shape index (κ3) is 30.4. The summed E-state index contributed by atoms with van der Waals surface area (Å²) in [5.41, 5.74) is 0. The van der Waals surface area contributed by atoms with Gasteiger partial charge in [0, 0.05) is 0 Å². The lowest BCUT2D eigenvalue weighted by atomic mass is 11.8. The highest BCUT2D eigenvalue weighted by molar-refractivity contribution is 5.20. The summed E-state index contributed by atoms with van der Waals surface area (Å²) in [7, 11) is 0. The first-order chi connectivity index (χ1) is 4.24. The monoisotopic (exact) mass is 132 g/mol. The second kappa shape index (κ2) is 125. The Labute approximate surface area is 48.4 Å². The summed E-state index contributed by atoms with van der Waals surface area (Å²) in [6, 6.07) is 0. The second-order valence-electron chi connectivity index (χ2n) is 0.250. The van der Waals surface area contributed by atoms with Gasteiger partial charge in [0.05, 0.1) is 0 Å². The molecular weight excluding hydrogens is 132 g/mol. The lowest BCUT2D eigenvalue weighted by Crippen LogP contribution is -1.22. The van der Waals surface area contributed by atoms with E-state index in [0.29, 0.717) is 0 Å². The fourth-order valence-corrected chi connectivity index (χ4v) is 0. The van der Waals surface area contributed by atoms with Gasteiger partial charge in [-0.3, -0.25) is 0 Å². The number of rotatable bonds is 0. The number of carbonyl (C=O) groups excluding carboxylic acids is 6. The van der Waals surface area contributed by atoms with Crippen LogP contribution < -0.4 is 0 Å². The molecule has 0 heterocycles. The molecule has 0 aromatic carbocycles. The maximum absolute atomic E-state index is 8.12. The topological polar surface area (TPSA) is 102 Å². The van der Waals surface area contributed by atoms with Gasteiger partial charge in [0.15, 0.2) is 0 Å². The molecule has 48 valence electrons. The summed E-state index contributed by atoms with van der Waals surface area (Å²) >= 11 is 0. The standard InChI is InChI=1S/3CO2/c3*2-1-3. The molecule has 0 N–H and O–H groups in total. The molecule has 0 amide bonds. The summed E-state index contributed by atoms with van der Waals surface area (Å²) in [5, 5.41) is 0. The van der Waals surface area contributed by atoms with Gasteiger partial charge < -0.3 is 0 Å². The third-order valence-electron chi connectivity index (χ3n) is 0. The van der Waals surface area contributed by atoms with Crippen LogP contribution in [-0.2, 0) is 28.8 Å². The molecule has 0 spiro atoms. The van der Waals surface area contributed by atoms with Crippen molar-refractivity contribution in [3.05, 3.63) is 0 Å². The minimum absolute atomic E-state index is 0.250. The van der Waals surface area contributed by atoms with Crippen LogP contribution in [0.2, 0.25) is 0 Å². The normalized spacial score (nSPS) is 2.67. The first kappa shape index (κ1) is 15.7. The van der Waals surface area contributed by atoms with Crippen molar-refractivity contribution in [1.82, 2.24) is 0 Å². The van der Waals surface area contributed by atoms with Crippen LogP contribution in [-0.4, -0.2) is 18.5 Å². The maximum Gasteiger partial charge on any atom is 0.373 e. The molecule has 6 nitrogen and oxygen atoms in total. The smallest absolute Gasteiger partial charge is 0.186 e. The molecule has 0 saturated heterocycles. The van der Waals surface area contributed by atoms with Crippen molar-refractivity contribution in [3.8, 4) is 0 Å². The largest absolute Gasteiger partial charge is 0.373 e. The van der Waals surface area contributed by atoms with E-state index in [2.05, 4.69) is 0 Å². The van der Waals surface area contributed by atoms with E-state index in [-0.39, 0.29) is 18.5 Å². The fraction of sp³-hybridized carbons (Fsp3) is 0. The van der Waals surface area contributed by atoms with Crippen LogP contribution in [0.3, 0.4) is 0 Å². The van der Waals surface area contributed by atoms with Gasteiger partial charge >= 0.3 is 18.5 Å². The van der Waals surface area contributed by atoms with Crippen LogP contribution in [0.15, 0.2) is 0 Å². The van der Waals surface area contributed by atoms with Crippen molar-refractivity contribution in [3.63, 3.8) is 0 Å². The zero-order valence-corrected chi connectivity index (χ0v) is 3.95. The van der Waals surface area contributed by atoms with Gasteiger partial charge in [0.2, 0.25) is 0 Å². The summed E-state index contributed by atoms with van der Waals surface area (Å²) in [6.45, 7) is 0. The highest BCUT2D eigenvalue weighted by atomic mass is 16.2. The highest BCUT2D eigenvalue weighted by Crippen LogP contribution is 0.793. The van der Waals surface area contributed by atoms with Gasteiger partial charge in [0.25, 0.3) is 0 Å². The first-order valence-electron chi connectivity index (χ1n) is 1.22. The summed E-state index contributed by atoms with van der Waals surface area (Å²) in [6.07, 6.45) is 0.750. The zero-order valence-electron chi connectivity index (χ0n) is 3.95. The quantitative estimate of drug-likeness (QED) is 0.387. The molecule has 0 aromatic rings. The average molecular weight is 132 g/mol. The molecule has 0 unspecified atom stereocenters. The Morgan fingerprint density at radius 2 is 0.444 bits per heavy atom. The van der Waals surface area contributed by atoms with Crippen LogP contribution in [0.1, 0.15) is 0 Å². The van der Waals surface area contributed by atoms with E-state index in [1.807, 2.05) is 0 Å². The van der Waals surface area contributed by atoms with E-state index in [4.69, 9.17) is 28.8 Å². The van der Waals surface area contributed by atoms with Gasteiger partial charge in [-0.25, -0.2) is 0 Å². The van der Waals surface area contributed by atoms with Crippen molar-refractivity contribution in [1.29, 1.82) is 0 Å². The Morgan fingerprint density at radius 3 is 0.444 bits per heavy atom. The average Bonchev–Trinajstić information content (AvgIpc) is 1.70. The second-order valence-corrected chi connectivity index (χ2v) is 0.250. The molecule has 0 aliphatic carbocycles. The van der Waals surface area contributed by atoms with Crippen molar-refractivity contribution in [2.75, 3.05) is 0 Å². The Kier molecular flexibility index (Phi) is 218. The van der Waals surface area contributed by atoms with Crippen LogP contribution in [0.4, 0.5) is 0 Å². The Balaban J connectivity index is -0.0000000600. The number of hydrogen-bond donors (Lipinski definition) is 0. The van der Waals surface area contributed by atoms with E-state index in [9.17, 15) is 0 Å². The molecule has 0 fully saturated rings. The Morgan fingerprint density at radius 1 is 0.444 bits per heavy atom. The summed E-state index contributed by atoms with van der Waals surface area (Å²) < 4.78 is 0. The Bertz CT molecular complexity index is 99.9. The highest BCUT2D eigenvalue weighted by Gasteiger charge is 1.14. The van der Waals surface area contributed by atoms with Gasteiger partial charge in [-0.2, -0.15) is 28.8 Å². The third-order valence-corrected chi connectivity index (χ3v) is 0. The van der Waals surface area contributed by atoms with Crippen molar-refractivity contribution in [2.45, 2.75) is 0 Å². The van der Waals surface area contributed by atoms with E-state index in [0.717, 1.165) is 0 Å². The zero-order chi connectivity index (χ0) is 8.12. The van der Waals surface area contributed by atoms with Crippen LogP contribution in [0.25, 0.3) is 0 Å². The summed E-state index contributed by atoms with van der Waals surface area (Å²) in [4.78, 5) is 48.8. The maximum atomic E-state index is 8.12. The van der Waals surface area contributed by atoms with Gasteiger partial charge in [-0.15, -0.1) is 0 Å². The van der Waals surface area contributed by atoms with Gasteiger partial charge in [-0.1, -0.05) is 0 Å². The van der Waals surface area contributed by atoms with Gasteiger partial charge in [0.1, 0.15) is 0 Å². The molecule has 0 bridgehead atoms. The molecule has 6 heteroatoms. The SMILES string of the molecule is O=C=O.O=C=O.O=C=O. The molecule has 0 aromatic heterocycles. The van der Waals surface area contributed by atoms with Crippen LogP contribution in [0.5, 0.6) is 0 Å². The summed E-state index contributed by atoms with van der Waals surface area (Å²) in [5.74, 6) is 0. The molecular formula is C3O6. The predicted octanol–water partition coefficient (Wildman–Crippen LogP) is -1.75. The minimum Gasteiger partial charge on any atom is -0.186 e. The number of hydrogen-bond acceptors (Lipinski definition) is 6. The fourth-order valence-electron chi connectivity index (χ4n) is 0. The molecule has 0 atom stereocenters. The molecule has 0 saturated carbocycles. The van der Waals surface area contributed by atoms with Gasteiger partial charge in [-0.05, 0) is 0 Å². The van der Waals surface area contributed by atoms with E-state index < -0.39 is 0 Å². The van der Waals surface area contributed by atoms with Crippen LogP contribution >= 0.6 is 0 Å². The molecule has 0 aliphatic heterocycles. The minimum atomic E-state index is 0.250. The Hall–Kier alpha value is -1.86. The molecule has 0 rings (SSSR count). The van der Waals surface area contributed by atoms with Crippen LogP contribution in [0, 0.1) is 0 Å². The molecule has 0 radical (unpaired) electrons. The lowest BCUT2D eigenvalue weighted by molar-refractivity contribution is -0.193. The van der Waals surface area contributed by atoms with E-state index in [1.165, 1.54) is 0 Å². The van der Waals surface area contributed by atoms with E-state index >= 15 is 0 Å². The molecule has 0 aliphatic rings.